The highest BCUT2D eigenvalue weighted by molar-refractivity contribution is 9.10. The summed E-state index contributed by atoms with van der Waals surface area (Å²) >= 11 is 9.52. The highest BCUT2D eigenvalue weighted by atomic mass is 79.9. The van der Waals surface area contributed by atoms with Crippen molar-refractivity contribution in [3.8, 4) is 6.07 Å². The lowest BCUT2D eigenvalue weighted by molar-refractivity contribution is 1.15. The van der Waals surface area contributed by atoms with Crippen LogP contribution in [0.2, 0.25) is 5.02 Å². The Morgan fingerprint density at radius 2 is 2.06 bits per heavy atom. The molecule has 4 heteroatoms. The van der Waals surface area contributed by atoms with Crippen LogP contribution < -0.4 is 5.32 Å². The lowest BCUT2D eigenvalue weighted by atomic mass is 10.2. The maximum Gasteiger partial charge on any atom is 0.0992 e. The minimum Gasteiger partial charge on any atom is -0.381 e. The summed E-state index contributed by atoms with van der Waals surface area (Å²) in [5.74, 6) is 0. The van der Waals surface area contributed by atoms with E-state index in [1.165, 1.54) is 0 Å². The van der Waals surface area contributed by atoms with Crippen molar-refractivity contribution in [1.29, 1.82) is 5.26 Å². The molecule has 1 N–H and O–H groups in total. The van der Waals surface area contributed by atoms with E-state index >= 15 is 0 Å². The molecule has 0 spiro atoms. The molecule has 90 valence electrons. The van der Waals surface area contributed by atoms with Crippen LogP contribution in [0, 0.1) is 11.3 Å². The van der Waals surface area contributed by atoms with Gasteiger partial charge in [-0.05, 0) is 42.0 Å². The molecular formula is C14H10BrClN2. The molecule has 0 saturated heterocycles. The number of halogens is 2. The molecule has 0 saturated carbocycles. The van der Waals surface area contributed by atoms with Crippen molar-refractivity contribution in [1.82, 2.24) is 0 Å². The summed E-state index contributed by atoms with van der Waals surface area (Å²) in [7, 11) is 0. The molecule has 0 amide bonds. The van der Waals surface area contributed by atoms with E-state index < -0.39 is 0 Å². The third kappa shape index (κ3) is 3.25. The van der Waals surface area contributed by atoms with Gasteiger partial charge in [0, 0.05) is 21.7 Å². The normalized spacial score (nSPS) is 9.83. The summed E-state index contributed by atoms with van der Waals surface area (Å²) in [6, 6.07) is 15.2. The summed E-state index contributed by atoms with van der Waals surface area (Å²) in [5.41, 5.74) is 2.55. The number of hydrogen-bond acceptors (Lipinski definition) is 2. The second kappa shape index (κ2) is 5.90. The van der Waals surface area contributed by atoms with Crippen LogP contribution in [-0.2, 0) is 6.54 Å². The minimum absolute atomic E-state index is 0.618. The van der Waals surface area contributed by atoms with E-state index in [0.29, 0.717) is 12.1 Å². The van der Waals surface area contributed by atoms with Crippen LogP contribution >= 0.6 is 27.5 Å². The smallest absolute Gasteiger partial charge is 0.0992 e. The van der Waals surface area contributed by atoms with Gasteiger partial charge in [-0.1, -0.05) is 33.6 Å². The van der Waals surface area contributed by atoms with E-state index in [4.69, 9.17) is 16.9 Å². The number of anilines is 1. The first-order valence-corrected chi connectivity index (χ1v) is 6.54. The van der Waals surface area contributed by atoms with Crippen LogP contribution in [0.4, 0.5) is 5.69 Å². The van der Waals surface area contributed by atoms with Gasteiger partial charge in [0.05, 0.1) is 11.6 Å². The third-order valence-corrected chi connectivity index (χ3v) is 3.34. The van der Waals surface area contributed by atoms with Gasteiger partial charge < -0.3 is 5.32 Å². The molecule has 0 unspecified atom stereocenters. The molecule has 0 bridgehead atoms. The van der Waals surface area contributed by atoms with Crippen molar-refractivity contribution in [3.05, 3.63) is 63.1 Å². The lowest BCUT2D eigenvalue weighted by Crippen LogP contribution is -2.00. The first-order chi connectivity index (χ1) is 8.69. The van der Waals surface area contributed by atoms with E-state index in [1.807, 2.05) is 36.4 Å². The fourth-order valence-electron chi connectivity index (χ4n) is 1.57. The standard InChI is InChI=1S/C14H10BrClN2/c15-12-4-5-14(16)11(7-12)9-18-13-3-1-2-10(6-13)8-17/h1-7,18H,9H2. The van der Waals surface area contributed by atoms with Crippen molar-refractivity contribution in [3.63, 3.8) is 0 Å². The Bertz CT molecular complexity index is 605. The number of rotatable bonds is 3. The van der Waals surface area contributed by atoms with Crippen LogP contribution in [0.5, 0.6) is 0 Å². The number of nitrogens with one attached hydrogen (secondary N) is 1. The van der Waals surface area contributed by atoms with Crippen LogP contribution in [-0.4, -0.2) is 0 Å². The summed E-state index contributed by atoms with van der Waals surface area (Å²) in [6.07, 6.45) is 0. The summed E-state index contributed by atoms with van der Waals surface area (Å²) < 4.78 is 0.995. The lowest BCUT2D eigenvalue weighted by Gasteiger charge is -2.08. The van der Waals surface area contributed by atoms with Gasteiger partial charge in [-0.3, -0.25) is 0 Å². The Morgan fingerprint density at radius 1 is 1.22 bits per heavy atom. The highest BCUT2D eigenvalue weighted by Crippen LogP contribution is 2.22. The van der Waals surface area contributed by atoms with Crippen LogP contribution in [0.1, 0.15) is 11.1 Å². The van der Waals surface area contributed by atoms with E-state index in [0.717, 1.165) is 20.7 Å². The van der Waals surface area contributed by atoms with Crippen LogP contribution in [0.15, 0.2) is 46.9 Å². The van der Waals surface area contributed by atoms with Crippen molar-refractivity contribution >= 4 is 33.2 Å². The average Bonchev–Trinajstić information content (AvgIpc) is 2.40. The second-order valence-corrected chi connectivity index (χ2v) is 5.10. The molecule has 0 aromatic heterocycles. The Balaban J connectivity index is 2.11. The molecule has 0 aliphatic carbocycles. The maximum absolute atomic E-state index is 8.82. The SMILES string of the molecule is N#Cc1cccc(NCc2cc(Br)ccc2Cl)c1. The molecule has 2 rings (SSSR count). The molecule has 0 heterocycles. The predicted molar refractivity (Wildman–Crippen MR) is 77.6 cm³/mol. The van der Waals surface area contributed by atoms with Gasteiger partial charge in [0.25, 0.3) is 0 Å². The molecule has 2 aromatic carbocycles. The Morgan fingerprint density at radius 3 is 2.83 bits per heavy atom. The van der Waals surface area contributed by atoms with Gasteiger partial charge in [-0.2, -0.15) is 5.26 Å². The molecule has 0 fully saturated rings. The molecule has 0 aliphatic rings. The van der Waals surface area contributed by atoms with Crippen molar-refractivity contribution in [2.24, 2.45) is 0 Å². The molecule has 0 atom stereocenters. The number of hydrogen-bond donors (Lipinski definition) is 1. The summed E-state index contributed by atoms with van der Waals surface area (Å²) in [6.45, 7) is 0.618. The van der Waals surface area contributed by atoms with E-state index in [9.17, 15) is 0 Å². The zero-order chi connectivity index (χ0) is 13.0. The van der Waals surface area contributed by atoms with Crippen molar-refractivity contribution in [2.75, 3.05) is 5.32 Å². The first kappa shape index (κ1) is 12.9. The third-order valence-electron chi connectivity index (χ3n) is 2.48. The highest BCUT2D eigenvalue weighted by Gasteiger charge is 2.01. The number of nitrogens with zero attached hydrogens (tertiary/aromatic N) is 1. The predicted octanol–water partition coefficient (Wildman–Crippen LogP) is 4.59. The quantitative estimate of drug-likeness (QED) is 0.897. The Labute approximate surface area is 119 Å². The molecule has 0 aliphatic heterocycles. The van der Waals surface area contributed by atoms with Gasteiger partial charge in [-0.15, -0.1) is 0 Å². The van der Waals surface area contributed by atoms with E-state index in [-0.39, 0.29) is 0 Å². The Hall–Kier alpha value is -1.50. The number of benzene rings is 2. The fourth-order valence-corrected chi connectivity index (χ4v) is 2.17. The van der Waals surface area contributed by atoms with Crippen molar-refractivity contribution in [2.45, 2.75) is 6.54 Å². The van der Waals surface area contributed by atoms with Crippen molar-refractivity contribution < 1.29 is 0 Å². The second-order valence-electron chi connectivity index (χ2n) is 3.78. The Kier molecular flexibility index (Phi) is 4.24. The van der Waals surface area contributed by atoms with Gasteiger partial charge in [-0.25, -0.2) is 0 Å². The monoisotopic (exact) mass is 320 g/mol. The zero-order valence-corrected chi connectivity index (χ0v) is 11.8. The van der Waals surface area contributed by atoms with Gasteiger partial charge in [0.1, 0.15) is 0 Å². The van der Waals surface area contributed by atoms with Gasteiger partial charge in [0.15, 0.2) is 0 Å². The van der Waals surface area contributed by atoms with Crippen LogP contribution in [0.25, 0.3) is 0 Å². The largest absolute Gasteiger partial charge is 0.381 e. The zero-order valence-electron chi connectivity index (χ0n) is 9.45. The van der Waals surface area contributed by atoms with E-state index in [2.05, 4.69) is 27.3 Å². The molecule has 0 radical (unpaired) electrons. The topological polar surface area (TPSA) is 35.8 Å². The van der Waals surface area contributed by atoms with Crippen LogP contribution in [0.3, 0.4) is 0 Å². The minimum atomic E-state index is 0.618. The molecular weight excluding hydrogens is 312 g/mol. The summed E-state index contributed by atoms with van der Waals surface area (Å²) in [4.78, 5) is 0. The molecule has 2 aromatic rings. The molecule has 2 nitrogen and oxygen atoms in total. The maximum atomic E-state index is 8.82. The summed E-state index contributed by atoms with van der Waals surface area (Å²) in [5, 5.41) is 12.8. The molecule has 18 heavy (non-hydrogen) atoms. The number of nitriles is 1. The average molecular weight is 322 g/mol. The fraction of sp³-hybridized carbons (Fsp3) is 0.0714. The van der Waals surface area contributed by atoms with E-state index in [1.54, 1.807) is 6.07 Å². The van der Waals surface area contributed by atoms with Gasteiger partial charge in [0.2, 0.25) is 0 Å². The van der Waals surface area contributed by atoms with Gasteiger partial charge >= 0.3 is 0 Å². The first-order valence-electron chi connectivity index (χ1n) is 5.37.